The number of para-hydroxylation sites is 1. The van der Waals surface area contributed by atoms with Gasteiger partial charge in [0.15, 0.2) is 0 Å². The van der Waals surface area contributed by atoms with E-state index in [1.165, 1.54) is 7.05 Å². The third kappa shape index (κ3) is 3.56. The molecule has 130 valence electrons. The Hall–Kier alpha value is -3.06. The molecular formula is C18H19N3O4. The van der Waals surface area contributed by atoms with Gasteiger partial charge in [-0.25, -0.2) is 0 Å². The first-order valence-corrected chi connectivity index (χ1v) is 7.83. The van der Waals surface area contributed by atoms with Gasteiger partial charge in [-0.1, -0.05) is 18.2 Å². The fourth-order valence-corrected chi connectivity index (χ4v) is 2.59. The summed E-state index contributed by atoms with van der Waals surface area (Å²) in [5, 5.41) is 9.92. The molecule has 2 aromatic carbocycles. The molecule has 0 fully saturated rings. The van der Waals surface area contributed by atoms with Gasteiger partial charge >= 0.3 is 0 Å². The van der Waals surface area contributed by atoms with E-state index in [2.05, 4.69) is 16.0 Å². The zero-order chi connectivity index (χ0) is 17.8. The zero-order valence-electron chi connectivity index (χ0n) is 14.0. The lowest BCUT2D eigenvalue weighted by Gasteiger charge is -2.10. The van der Waals surface area contributed by atoms with Crippen molar-refractivity contribution in [2.45, 2.75) is 0 Å². The van der Waals surface area contributed by atoms with E-state index in [0.717, 1.165) is 16.4 Å². The molecule has 1 heterocycles. The number of hydrogen-bond acceptors (Lipinski definition) is 5. The van der Waals surface area contributed by atoms with Gasteiger partial charge in [0.05, 0.1) is 25.9 Å². The first kappa shape index (κ1) is 16.8. The number of likely N-dealkylation sites (N-methyl/N-ethyl adjacent to an activating group) is 1. The number of rotatable bonds is 6. The van der Waals surface area contributed by atoms with E-state index in [4.69, 9.17) is 9.15 Å². The van der Waals surface area contributed by atoms with Gasteiger partial charge in [-0.05, 0) is 12.1 Å². The monoisotopic (exact) mass is 341 g/mol. The van der Waals surface area contributed by atoms with Crippen molar-refractivity contribution in [3.05, 3.63) is 36.4 Å². The maximum Gasteiger partial charge on any atom is 0.238 e. The number of nitrogens with one attached hydrogen (secondary N) is 3. The highest BCUT2D eigenvalue weighted by atomic mass is 16.5. The third-order valence-electron chi connectivity index (χ3n) is 3.82. The van der Waals surface area contributed by atoms with Crippen LogP contribution in [0.15, 0.2) is 40.8 Å². The second-order valence-corrected chi connectivity index (χ2v) is 5.47. The largest absolute Gasteiger partial charge is 0.495 e. The van der Waals surface area contributed by atoms with E-state index in [0.29, 0.717) is 17.0 Å². The molecule has 0 aliphatic carbocycles. The molecule has 0 atom stereocenters. The summed E-state index contributed by atoms with van der Waals surface area (Å²) in [6.45, 7) is 0.0818. The summed E-state index contributed by atoms with van der Waals surface area (Å²) in [6, 6.07) is 11.3. The van der Waals surface area contributed by atoms with Gasteiger partial charge in [0.25, 0.3) is 0 Å². The molecule has 3 rings (SSSR count). The SMILES string of the molecule is CNC(=O)CNCC(=O)Nc1cc2oc3ccccc3c2cc1OC. The molecule has 1 aromatic heterocycles. The molecule has 2 amide bonds. The molecule has 0 radical (unpaired) electrons. The van der Waals surface area contributed by atoms with Crippen molar-refractivity contribution in [3.63, 3.8) is 0 Å². The van der Waals surface area contributed by atoms with E-state index in [1.54, 1.807) is 13.2 Å². The average molecular weight is 341 g/mol. The molecule has 0 aliphatic rings. The number of benzene rings is 2. The smallest absolute Gasteiger partial charge is 0.238 e. The summed E-state index contributed by atoms with van der Waals surface area (Å²) in [5.74, 6) is 0.0745. The van der Waals surface area contributed by atoms with Crippen molar-refractivity contribution in [3.8, 4) is 5.75 Å². The number of ether oxygens (including phenoxy) is 1. The molecule has 0 aliphatic heterocycles. The Morgan fingerprint density at radius 3 is 2.56 bits per heavy atom. The lowest BCUT2D eigenvalue weighted by molar-refractivity contribution is -0.120. The Morgan fingerprint density at radius 1 is 1.04 bits per heavy atom. The summed E-state index contributed by atoms with van der Waals surface area (Å²) in [6.07, 6.45) is 0. The lowest BCUT2D eigenvalue weighted by atomic mass is 10.1. The van der Waals surface area contributed by atoms with Crippen LogP contribution in [-0.2, 0) is 9.59 Å². The number of anilines is 1. The Labute approximate surface area is 144 Å². The summed E-state index contributed by atoms with van der Waals surface area (Å²) in [7, 11) is 3.08. The Bertz CT molecular complexity index is 933. The summed E-state index contributed by atoms with van der Waals surface area (Å²) in [4.78, 5) is 23.2. The van der Waals surface area contributed by atoms with Crippen molar-refractivity contribution in [2.24, 2.45) is 0 Å². The lowest BCUT2D eigenvalue weighted by Crippen LogP contribution is -2.36. The van der Waals surface area contributed by atoms with Crippen LogP contribution < -0.4 is 20.7 Å². The van der Waals surface area contributed by atoms with Gasteiger partial charge in [0.2, 0.25) is 11.8 Å². The fraction of sp³-hybridized carbons (Fsp3) is 0.222. The minimum atomic E-state index is -0.280. The fourth-order valence-electron chi connectivity index (χ4n) is 2.59. The molecule has 3 aromatic rings. The highest BCUT2D eigenvalue weighted by molar-refractivity contribution is 6.07. The predicted molar refractivity (Wildman–Crippen MR) is 95.8 cm³/mol. The van der Waals surface area contributed by atoms with E-state index in [9.17, 15) is 9.59 Å². The number of amides is 2. The van der Waals surface area contributed by atoms with Crippen LogP contribution in [0.3, 0.4) is 0 Å². The average Bonchev–Trinajstić information content (AvgIpc) is 2.98. The third-order valence-corrected chi connectivity index (χ3v) is 3.82. The maximum absolute atomic E-state index is 12.1. The maximum atomic E-state index is 12.1. The van der Waals surface area contributed by atoms with Crippen molar-refractivity contribution in [1.82, 2.24) is 10.6 Å². The van der Waals surface area contributed by atoms with Crippen molar-refractivity contribution < 1.29 is 18.7 Å². The molecule has 0 spiro atoms. The standard InChI is InChI=1S/C18H19N3O4/c1-19-17(22)9-20-10-18(23)21-13-8-15-12(7-16(13)24-2)11-5-3-4-6-14(11)25-15/h3-8,20H,9-10H2,1-2H3,(H,19,22)(H,21,23). The summed E-state index contributed by atoms with van der Waals surface area (Å²) >= 11 is 0. The Morgan fingerprint density at radius 2 is 1.80 bits per heavy atom. The van der Waals surface area contributed by atoms with Gasteiger partial charge in [-0.15, -0.1) is 0 Å². The number of methoxy groups -OCH3 is 1. The Kier molecular flexibility index (Phi) is 4.85. The van der Waals surface area contributed by atoms with Crippen LogP contribution >= 0.6 is 0 Å². The number of carbonyl (C=O) groups is 2. The topological polar surface area (TPSA) is 92.6 Å². The molecule has 25 heavy (non-hydrogen) atoms. The number of carbonyl (C=O) groups excluding carboxylic acids is 2. The van der Waals surface area contributed by atoms with E-state index in [1.807, 2.05) is 30.3 Å². The second kappa shape index (κ2) is 7.23. The van der Waals surface area contributed by atoms with Crippen molar-refractivity contribution >= 4 is 39.4 Å². The Balaban J connectivity index is 1.82. The van der Waals surface area contributed by atoms with Crippen LogP contribution in [-0.4, -0.2) is 39.1 Å². The molecule has 0 unspecified atom stereocenters. The van der Waals surface area contributed by atoms with Crippen LogP contribution in [0.5, 0.6) is 5.75 Å². The van der Waals surface area contributed by atoms with Gasteiger partial charge in [0, 0.05) is 23.9 Å². The van der Waals surface area contributed by atoms with Gasteiger partial charge in [0.1, 0.15) is 16.9 Å². The molecule has 7 nitrogen and oxygen atoms in total. The van der Waals surface area contributed by atoms with Gasteiger partial charge in [-0.3, -0.25) is 14.9 Å². The molecule has 0 saturated carbocycles. The minimum absolute atomic E-state index is 0.00867. The first-order chi connectivity index (χ1) is 12.1. The molecule has 7 heteroatoms. The molecular weight excluding hydrogens is 322 g/mol. The normalized spacial score (nSPS) is 10.8. The van der Waals surface area contributed by atoms with Crippen LogP contribution in [0.2, 0.25) is 0 Å². The van der Waals surface area contributed by atoms with E-state index < -0.39 is 0 Å². The molecule has 3 N–H and O–H groups in total. The number of hydrogen-bond donors (Lipinski definition) is 3. The van der Waals surface area contributed by atoms with Gasteiger partial charge < -0.3 is 19.8 Å². The van der Waals surface area contributed by atoms with Crippen LogP contribution in [0.1, 0.15) is 0 Å². The van der Waals surface area contributed by atoms with Crippen LogP contribution in [0, 0.1) is 0 Å². The summed E-state index contributed by atoms with van der Waals surface area (Å²) in [5.41, 5.74) is 1.95. The van der Waals surface area contributed by atoms with Crippen LogP contribution in [0.4, 0.5) is 5.69 Å². The quantitative estimate of drug-likeness (QED) is 0.636. The first-order valence-electron chi connectivity index (χ1n) is 7.83. The highest BCUT2D eigenvalue weighted by Gasteiger charge is 2.14. The predicted octanol–water partition coefficient (Wildman–Crippen LogP) is 1.87. The minimum Gasteiger partial charge on any atom is -0.495 e. The molecule has 0 saturated heterocycles. The van der Waals surface area contributed by atoms with E-state index >= 15 is 0 Å². The van der Waals surface area contributed by atoms with Crippen LogP contribution in [0.25, 0.3) is 21.9 Å². The zero-order valence-corrected chi connectivity index (χ0v) is 14.0. The van der Waals surface area contributed by atoms with Gasteiger partial charge in [-0.2, -0.15) is 0 Å². The highest BCUT2D eigenvalue weighted by Crippen LogP contribution is 2.36. The second-order valence-electron chi connectivity index (χ2n) is 5.47. The van der Waals surface area contributed by atoms with Crippen molar-refractivity contribution in [1.29, 1.82) is 0 Å². The summed E-state index contributed by atoms with van der Waals surface area (Å²) < 4.78 is 11.2. The number of furan rings is 1. The number of fused-ring (bicyclic) bond motifs is 3. The molecule has 0 bridgehead atoms. The van der Waals surface area contributed by atoms with Crippen molar-refractivity contribution in [2.75, 3.05) is 32.6 Å². The van der Waals surface area contributed by atoms with E-state index in [-0.39, 0.29) is 24.9 Å².